The molecule has 0 saturated heterocycles. The van der Waals surface area contributed by atoms with Crippen LogP contribution < -0.4 is 0 Å². The molecule has 0 N–H and O–H groups in total. The molecule has 21 aromatic rings. The molecule has 0 amide bonds. The van der Waals surface area contributed by atoms with Gasteiger partial charge in [0.25, 0.3) is 0 Å². The molecule has 0 bridgehead atoms. The summed E-state index contributed by atoms with van der Waals surface area (Å²) in [6, 6.07) is 141. The van der Waals surface area contributed by atoms with E-state index in [2.05, 4.69) is 308 Å². The Bertz CT molecular complexity index is 6990. The van der Waals surface area contributed by atoms with Gasteiger partial charge in [0.05, 0.1) is 33.1 Å². The fraction of sp³-hybridized carbons (Fsp3) is 0.00971. The minimum Gasteiger partial charge on any atom is -0.309 e. The first-order chi connectivity index (χ1) is 55.9. The van der Waals surface area contributed by atoms with Crippen molar-refractivity contribution in [3.63, 3.8) is 0 Å². The van der Waals surface area contributed by atoms with E-state index in [9.17, 15) is 0 Å². The highest BCUT2D eigenvalue weighted by molar-refractivity contribution is 6.28. The minimum atomic E-state index is 0.202. The summed E-state index contributed by atoms with van der Waals surface area (Å²) in [6.45, 7) is 0. The van der Waals surface area contributed by atoms with Gasteiger partial charge in [-0.05, 0) is 158 Å². The molecule has 532 valence electrons. The van der Waals surface area contributed by atoms with Crippen molar-refractivity contribution < 1.29 is 0 Å². The third kappa shape index (κ3) is 12.9. The quantitative estimate of drug-likeness (QED) is 0.128. The van der Waals surface area contributed by atoms with Gasteiger partial charge < -0.3 is 9.13 Å². The van der Waals surface area contributed by atoms with Crippen molar-refractivity contribution in [2.24, 2.45) is 0 Å². The number of para-hydroxylation sites is 5. The summed E-state index contributed by atoms with van der Waals surface area (Å²) in [5, 5.41) is 7.55. The first-order valence-corrected chi connectivity index (χ1v) is 38.3. The predicted octanol–water partition coefficient (Wildman–Crippen LogP) is 26.3. The van der Waals surface area contributed by atoms with Crippen LogP contribution in [0.15, 0.2) is 400 Å². The van der Waals surface area contributed by atoms with E-state index in [1.807, 2.05) is 121 Å². The number of aromatic nitrogens is 9. The Morgan fingerprint density at radius 2 is 0.504 bits per heavy atom. The normalized spacial score (nSPS) is 11.5. The molecule has 16 aromatic carbocycles. The van der Waals surface area contributed by atoms with Crippen molar-refractivity contribution in [2.75, 3.05) is 0 Å². The molecule has 9 nitrogen and oxygen atoms in total. The largest absolute Gasteiger partial charge is 0.309 e. The van der Waals surface area contributed by atoms with Crippen LogP contribution in [0.25, 0.3) is 184 Å². The highest BCUT2D eigenvalue weighted by Gasteiger charge is 2.22. The van der Waals surface area contributed by atoms with Crippen LogP contribution in [-0.4, -0.2) is 43.6 Å². The molecule has 10 heteroatoms. The van der Waals surface area contributed by atoms with Crippen molar-refractivity contribution in [1.29, 1.82) is 0 Å². The van der Waals surface area contributed by atoms with Crippen LogP contribution in [0.4, 0.5) is 0 Å². The summed E-state index contributed by atoms with van der Waals surface area (Å²) in [7, 11) is 0. The Balaban J connectivity index is 0.000000125. The monoisotopic (exact) mass is 1470 g/mol. The van der Waals surface area contributed by atoms with Crippen molar-refractivity contribution in [1.82, 2.24) is 43.6 Å². The first-order valence-electron chi connectivity index (χ1n) is 38.0. The van der Waals surface area contributed by atoms with E-state index < -0.39 is 0 Å². The van der Waals surface area contributed by atoms with E-state index in [-0.39, 0.29) is 5.28 Å². The van der Waals surface area contributed by atoms with Crippen LogP contribution >= 0.6 is 11.6 Å². The molecule has 0 radical (unpaired) electrons. The Morgan fingerprint density at radius 3 is 0.956 bits per heavy atom. The molecule has 0 unspecified atom stereocenters. The van der Waals surface area contributed by atoms with E-state index in [4.69, 9.17) is 26.6 Å². The lowest BCUT2D eigenvalue weighted by Gasteiger charge is -2.11. The van der Waals surface area contributed by atoms with Gasteiger partial charge in [0.2, 0.25) is 11.2 Å². The average Bonchev–Trinajstić information content (AvgIpc) is 1.62. The second-order valence-corrected chi connectivity index (χ2v) is 28.6. The molecular weight excluding hydrogens is 1400 g/mol. The molecule has 0 saturated carbocycles. The number of halogens is 1. The molecule has 0 spiro atoms. The summed E-state index contributed by atoms with van der Waals surface area (Å²) < 4.78 is 6.91. The van der Waals surface area contributed by atoms with E-state index in [0.717, 1.165) is 67.3 Å². The highest BCUT2D eigenvalue weighted by atomic mass is 35.5. The first kappa shape index (κ1) is 67.6. The zero-order chi connectivity index (χ0) is 75.1. The van der Waals surface area contributed by atoms with Gasteiger partial charge in [0.1, 0.15) is 0 Å². The third-order valence-corrected chi connectivity index (χ3v) is 21.7. The van der Waals surface area contributed by atoms with E-state index >= 15 is 0 Å². The van der Waals surface area contributed by atoms with Gasteiger partial charge in [-0.2, -0.15) is 19.9 Å². The third-order valence-electron chi connectivity index (χ3n) is 21.5. The fourth-order valence-corrected chi connectivity index (χ4v) is 16.3. The van der Waals surface area contributed by atoms with Gasteiger partial charge in [0.15, 0.2) is 23.3 Å². The van der Waals surface area contributed by atoms with Gasteiger partial charge in [-0.15, -0.1) is 0 Å². The number of rotatable bonds is 11. The Hall–Kier alpha value is -14.8. The van der Waals surface area contributed by atoms with Gasteiger partial charge in [0, 0.05) is 65.9 Å². The van der Waals surface area contributed by atoms with Crippen LogP contribution in [0.3, 0.4) is 0 Å². The molecular formula is C103H68ClN9. The van der Waals surface area contributed by atoms with Gasteiger partial charge >= 0.3 is 0 Å². The lowest BCUT2D eigenvalue weighted by molar-refractivity contribution is 0.953. The summed E-state index contributed by atoms with van der Waals surface area (Å²) in [4.78, 5) is 28.0. The molecule has 1 aliphatic rings. The van der Waals surface area contributed by atoms with E-state index in [1.165, 1.54) is 105 Å². The van der Waals surface area contributed by atoms with Crippen LogP contribution in [0.5, 0.6) is 0 Å². The maximum atomic E-state index is 5.99. The van der Waals surface area contributed by atoms with E-state index in [1.54, 1.807) is 0 Å². The van der Waals surface area contributed by atoms with Crippen LogP contribution in [0.1, 0.15) is 11.1 Å². The van der Waals surface area contributed by atoms with Crippen molar-refractivity contribution in [2.45, 2.75) is 6.42 Å². The molecule has 5 heterocycles. The fourth-order valence-electron chi connectivity index (χ4n) is 16.1. The summed E-state index contributed by atoms with van der Waals surface area (Å²) in [5.41, 5.74) is 28.3. The Kier molecular flexibility index (Phi) is 17.5. The SMILES string of the molecule is Clc1nc(-c2ccccc2)nc(-c2ccccc2)n1.c1ccc(-c2nc(-c3ccccc3)nc(-n3c4ccccc4c4ccc(-c5ccc(-c6ccc7c(c6)c6ccccc6n7-c6ccccc6)cc5)cc43)n2)cc1.c1ccc(-n2c3ccccc3c3cc(-c4ccc(-c5ccc6c(c5)Cc5ccccc5-6)cc4)ccc32)cc1. The van der Waals surface area contributed by atoms with Crippen LogP contribution in [-0.2, 0) is 6.42 Å². The van der Waals surface area contributed by atoms with Crippen molar-refractivity contribution in [3.05, 3.63) is 417 Å². The van der Waals surface area contributed by atoms with Crippen LogP contribution in [0, 0.1) is 0 Å². The van der Waals surface area contributed by atoms with Crippen LogP contribution in [0.2, 0.25) is 5.28 Å². The molecule has 0 atom stereocenters. The molecule has 1 aliphatic carbocycles. The van der Waals surface area contributed by atoms with Crippen molar-refractivity contribution in [3.8, 4) is 119 Å². The predicted molar refractivity (Wildman–Crippen MR) is 466 cm³/mol. The Labute approximate surface area is 658 Å². The van der Waals surface area contributed by atoms with Gasteiger partial charge in [-0.25, -0.2) is 9.97 Å². The summed E-state index contributed by atoms with van der Waals surface area (Å²) in [5.74, 6) is 3.02. The topological polar surface area (TPSA) is 92.1 Å². The number of fused-ring (bicyclic) bond motifs is 12. The second kappa shape index (κ2) is 29.3. The molecule has 0 aliphatic heterocycles. The lowest BCUT2D eigenvalue weighted by Crippen LogP contribution is -2.06. The number of hydrogen-bond acceptors (Lipinski definition) is 6. The zero-order valence-electron chi connectivity index (χ0n) is 61.2. The number of nitrogens with zero attached hydrogens (tertiary/aromatic N) is 9. The average molecular weight is 1470 g/mol. The lowest BCUT2D eigenvalue weighted by atomic mass is 9.96. The minimum absolute atomic E-state index is 0.202. The summed E-state index contributed by atoms with van der Waals surface area (Å²) >= 11 is 5.99. The smallest absolute Gasteiger partial charge is 0.238 e. The zero-order valence-corrected chi connectivity index (χ0v) is 62.0. The molecule has 22 rings (SSSR count). The van der Waals surface area contributed by atoms with Crippen molar-refractivity contribution >= 4 is 77.0 Å². The molecule has 0 fully saturated rings. The number of benzene rings is 16. The highest BCUT2D eigenvalue weighted by Crippen LogP contribution is 2.42. The second-order valence-electron chi connectivity index (χ2n) is 28.3. The maximum Gasteiger partial charge on any atom is 0.238 e. The molecule has 113 heavy (non-hydrogen) atoms. The van der Waals surface area contributed by atoms with E-state index in [0.29, 0.717) is 29.2 Å². The Morgan fingerprint density at radius 1 is 0.195 bits per heavy atom. The maximum absolute atomic E-state index is 5.99. The standard InChI is InChI=1S/C51H33N5.C37H25N.C15H10ClN3/c1-4-14-36(15-5-1)49-52-50(37-16-6-2-7-17-37)54-51(53-49)56-46-23-13-10-20-41(46)43-30-28-39(33-48(43)56)35-26-24-34(25-27-35)38-29-31-47-44(32-38)42-21-11-12-22-45(42)55(47)40-18-8-3-9-19-40;1-2-9-31(10-3-1)38-36-13-7-6-12-34(36)35-24-28(19-21-37(35)38)26-16-14-25(15-17-26)27-18-20-33-30(22-27)23-29-8-4-5-11-32(29)33;16-15-18-13(11-7-3-1-4-8-11)17-14(19-15)12-9-5-2-6-10-12/h1-33H;1-22,24H,23H2;1-10H. The van der Waals surface area contributed by atoms with Gasteiger partial charge in [-0.1, -0.05) is 328 Å². The summed E-state index contributed by atoms with van der Waals surface area (Å²) in [6.07, 6.45) is 1.02. The molecule has 5 aromatic heterocycles. The van der Waals surface area contributed by atoms with Gasteiger partial charge in [-0.3, -0.25) is 4.57 Å². The number of hydrogen-bond donors (Lipinski definition) is 0.